The third kappa shape index (κ3) is 39.3. The minimum atomic E-state index is -0.826. The number of aryl methyl sites for hydroxylation is 1. The van der Waals surface area contributed by atoms with Crippen LogP contribution in [0.3, 0.4) is 0 Å². The molecule has 2 rings (SSSR count). The number of carbonyl (C=O) groups is 7. The first-order valence-electron chi connectivity index (χ1n) is 28.5. The van der Waals surface area contributed by atoms with Crippen LogP contribution in [-0.4, -0.2) is 165 Å². The molecular formula is C60H112BrN9O9. The number of nitrogens with one attached hydrogen (secondary N) is 4. The summed E-state index contributed by atoms with van der Waals surface area (Å²) in [5.74, 6) is 1.94. The smallest absolute Gasteiger partial charge is 0.255 e. The molecule has 2 aromatic rings. The number of methoxy groups -OCH3 is 2. The molecule has 18 nitrogen and oxygen atoms in total. The quantitative estimate of drug-likeness (QED) is 0.0412. The van der Waals surface area contributed by atoms with Crippen LogP contribution in [-0.2, 0) is 51.2 Å². The van der Waals surface area contributed by atoms with E-state index in [2.05, 4.69) is 144 Å². The van der Waals surface area contributed by atoms with E-state index in [1.54, 1.807) is 43.1 Å². The molecule has 8 atom stereocenters. The average molecular weight is 1180 g/mol. The van der Waals surface area contributed by atoms with Gasteiger partial charge in [-0.3, -0.25) is 33.4 Å². The topological polar surface area (TPSA) is 214 Å². The number of hydrogen-bond acceptors (Lipinski definition) is 11. The fraction of sp³-hybridized carbons (Fsp3) is 0.733. The van der Waals surface area contributed by atoms with E-state index in [-0.39, 0.29) is 31.1 Å². The van der Waals surface area contributed by atoms with Gasteiger partial charge in [-0.25, -0.2) is 0 Å². The zero-order chi connectivity index (χ0) is 61.6. The largest absolute Gasteiger partial charge is 0.381 e. The van der Waals surface area contributed by atoms with E-state index >= 15 is 0 Å². The molecule has 0 saturated carbocycles. The Bertz CT molecular complexity index is 1870. The van der Waals surface area contributed by atoms with Crippen LogP contribution in [0.25, 0.3) is 0 Å². The van der Waals surface area contributed by atoms with E-state index in [0.717, 1.165) is 42.9 Å². The van der Waals surface area contributed by atoms with E-state index in [1.165, 1.54) is 57.0 Å². The van der Waals surface area contributed by atoms with Crippen LogP contribution < -0.4 is 21.3 Å². The highest BCUT2D eigenvalue weighted by Gasteiger charge is 2.31. The van der Waals surface area contributed by atoms with Crippen LogP contribution in [0.1, 0.15) is 165 Å². The van der Waals surface area contributed by atoms with Crippen LogP contribution in [0.15, 0.2) is 36.7 Å². The Balaban J connectivity index is -0.000000507. The van der Waals surface area contributed by atoms with Gasteiger partial charge in [-0.05, 0) is 101 Å². The van der Waals surface area contributed by atoms with Gasteiger partial charge in [0.25, 0.3) is 5.91 Å². The first-order valence-corrected chi connectivity index (χ1v) is 29.6. The van der Waals surface area contributed by atoms with Crippen molar-refractivity contribution < 1.29 is 43.0 Å². The lowest BCUT2D eigenvalue weighted by atomic mass is 9.89. The Kier molecular flexibility index (Phi) is 51.4. The number of benzene rings is 1. The van der Waals surface area contributed by atoms with Crippen molar-refractivity contribution in [2.75, 3.05) is 72.7 Å². The number of amides is 6. The van der Waals surface area contributed by atoms with Crippen molar-refractivity contribution in [2.24, 2.45) is 29.6 Å². The summed E-state index contributed by atoms with van der Waals surface area (Å²) in [4.78, 5) is 83.8. The highest BCUT2D eigenvalue weighted by atomic mass is 79.9. The maximum atomic E-state index is 12.2. The molecule has 458 valence electrons. The van der Waals surface area contributed by atoms with Crippen molar-refractivity contribution in [3.63, 3.8) is 0 Å². The summed E-state index contributed by atoms with van der Waals surface area (Å²) in [6.45, 7) is 32.7. The summed E-state index contributed by atoms with van der Waals surface area (Å²) in [6, 6.07) is 7.18. The molecule has 8 unspecified atom stereocenters. The lowest BCUT2D eigenvalue weighted by molar-refractivity contribution is -0.136. The van der Waals surface area contributed by atoms with Crippen LogP contribution in [0.5, 0.6) is 0 Å². The van der Waals surface area contributed by atoms with Gasteiger partial charge in [0.1, 0.15) is 12.3 Å². The molecule has 0 spiro atoms. The summed E-state index contributed by atoms with van der Waals surface area (Å²) in [5, 5.41) is 15.0. The van der Waals surface area contributed by atoms with Gasteiger partial charge in [-0.2, -0.15) is 5.10 Å². The Morgan fingerprint density at radius 3 is 1.87 bits per heavy atom. The van der Waals surface area contributed by atoms with Gasteiger partial charge in [0.05, 0.1) is 49.6 Å². The van der Waals surface area contributed by atoms with Gasteiger partial charge in [0.15, 0.2) is 0 Å². The van der Waals surface area contributed by atoms with Crippen LogP contribution in [0.2, 0.25) is 0 Å². The Morgan fingerprint density at radius 1 is 0.810 bits per heavy atom. The molecule has 0 fully saturated rings. The maximum Gasteiger partial charge on any atom is 0.255 e. The highest BCUT2D eigenvalue weighted by Crippen LogP contribution is 2.23. The summed E-state index contributed by atoms with van der Waals surface area (Å²) >= 11 is 3.30. The van der Waals surface area contributed by atoms with Crippen LogP contribution >= 0.6 is 15.9 Å². The number of halogens is 1. The molecule has 79 heavy (non-hydrogen) atoms. The van der Waals surface area contributed by atoms with E-state index in [9.17, 15) is 28.8 Å². The summed E-state index contributed by atoms with van der Waals surface area (Å²) < 4.78 is 12.7. The third-order valence-electron chi connectivity index (χ3n) is 13.3. The van der Waals surface area contributed by atoms with E-state index in [1.807, 2.05) is 32.2 Å². The van der Waals surface area contributed by atoms with Crippen molar-refractivity contribution in [3.05, 3.63) is 47.8 Å². The predicted octanol–water partition coefficient (Wildman–Crippen LogP) is 9.54. The monoisotopic (exact) mass is 1180 g/mol. The fourth-order valence-electron chi connectivity index (χ4n) is 7.84. The van der Waals surface area contributed by atoms with E-state index in [4.69, 9.17) is 14.3 Å². The van der Waals surface area contributed by atoms with Crippen molar-refractivity contribution in [1.82, 2.24) is 40.4 Å². The normalized spacial score (nSPS) is 13.5. The summed E-state index contributed by atoms with van der Waals surface area (Å²) in [7, 11) is 11.2. The number of rotatable bonds is 31. The minimum Gasteiger partial charge on any atom is -0.381 e. The number of anilines is 1. The van der Waals surface area contributed by atoms with Gasteiger partial charge in [-0.1, -0.05) is 143 Å². The molecule has 0 aliphatic rings. The SMILES string of the molecule is CC(C)C(C)N(C)C.CC(NC(=O)c1cnn(CCBr)c1)C(=O)NCC(=O)Nc1cccc(CCN(C)C=O)c1.CC=O.CCC.CCC(C)C(C(CC)OC)N(C)C(=O)CNC=O.CCC(C)CCCC(C)C(OC)C(C)C. The van der Waals surface area contributed by atoms with Crippen molar-refractivity contribution >= 4 is 64.4 Å². The predicted molar refractivity (Wildman–Crippen MR) is 328 cm³/mol. The lowest BCUT2D eigenvalue weighted by Gasteiger charge is -2.37. The molecule has 4 N–H and O–H groups in total. The number of carbonyl (C=O) groups excluding carboxylic acids is 7. The lowest BCUT2D eigenvalue weighted by Crippen LogP contribution is -2.51. The van der Waals surface area contributed by atoms with Gasteiger partial charge in [0.2, 0.25) is 30.5 Å². The Labute approximate surface area is 487 Å². The van der Waals surface area contributed by atoms with Crippen LogP contribution in [0, 0.1) is 29.6 Å². The number of nitrogens with zero attached hydrogens (tertiary/aromatic N) is 5. The molecule has 19 heteroatoms. The Hall–Kier alpha value is -4.72. The Morgan fingerprint density at radius 2 is 1.42 bits per heavy atom. The number of aromatic nitrogens is 2. The van der Waals surface area contributed by atoms with Crippen molar-refractivity contribution in [2.45, 2.75) is 192 Å². The van der Waals surface area contributed by atoms with Gasteiger partial charge in [-0.15, -0.1) is 0 Å². The molecular weight excluding hydrogens is 1070 g/mol. The maximum absolute atomic E-state index is 12.2. The van der Waals surface area contributed by atoms with Crippen LogP contribution in [0.4, 0.5) is 5.69 Å². The van der Waals surface area contributed by atoms with Gasteiger partial charge >= 0.3 is 0 Å². The summed E-state index contributed by atoms with van der Waals surface area (Å²) in [5.41, 5.74) is 1.91. The number of aldehydes is 1. The molecule has 1 aromatic heterocycles. The first kappa shape index (κ1) is 80.8. The zero-order valence-electron chi connectivity index (χ0n) is 53.0. The highest BCUT2D eigenvalue weighted by molar-refractivity contribution is 9.09. The molecule has 6 amide bonds. The standard InChI is InChI=1S/C21H27BrN6O4.C14H30O.C13H26N2O3.C7H17N.C3H8.C2H4O/c1-15(25-21(32)17-11-24-28(13-17)9-7-22)20(31)23-12-19(30)26-18-5-3-4-16(10-18)6-8-27(2)14-29;1-7-12(4)9-8-10-13(5)14(15-6)11(2)3;1-6-10(3)13(11(7-2)18-5)15(4)12(17)8-14-9-16;1-6(2)7(3)8(4)5;1-3-2;1-2-3/h3-5,10-11,13-15H,6-9,12H2,1-2H3,(H,23,31)(H,25,32)(H,26,30);11-14H,7-10H2,1-6H3;9-11,13H,6-8H2,1-5H3,(H,14,16);6-7H,1-5H3;3H2,1-2H3;2H,1H3. The first-order chi connectivity index (χ1) is 37.2. The second kappa shape index (κ2) is 50.3. The van der Waals surface area contributed by atoms with E-state index in [0.29, 0.717) is 72.4 Å². The van der Waals surface area contributed by atoms with Crippen molar-refractivity contribution in [3.8, 4) is 0 Å². The number of likely N-dealkylation sites (N-methyl/N-ethyl adjacent to an activating group) is 2. The number of alkyl halides is 1. The minimum absolute atomic E-state index is 0.0186. The molecule has 0 bridgehead atoms. The van der Waals surface area contributed by atoms with Gasteiger partial charge < -0.3 is 50.2 Å². The molecule has 1 aromatic carbocycles. The van der Waals surface area contributed by atoms with Gasteiger partial charge in [0, 0.05) is 58.1 Å². The number of ether oxygens (including phenoxy) is 2. The second-order valence-electron chi connectivity index (χ2n) is 21.0. The second-order valence-corrected chi connectivity index (χ2v) is 21.8. The molecule has 0 aliphatic heterocycles. The number of hydrogen-bond donors (Lipinski definition) is 4. The molecule has 1 heterocycles. The molecule has 0 aliphatic carbocycles. The third-order valence-corrected chi connectivity index (χ3v) is 13.7. The fourth-order valence-corrected chi connectivity index (χ4v) is 8.21. The molecule has 0 saturated heterocycles. The van der Waals surface area contributed by atoms with E-state index < -0.39 is 23.8 Å². The van der Waals surface area contributed by atoms with Crippen molar-refractivity contribution in [1.29, 1.82) is 0 Å². The molecule has 0 radical (unpaired) electrons. The summed E-state index contributed by atoms with van der Waals surface area (Å²) in [6.07, 6.45) is 14.6. The average Bonchev–Trinajstić information content (AvgIpc) is 3.89. The zero-order valence-corrected chi connectivity index (χ0v) is 54.5.